The highest BCUT2D eigenvalue weighted by molar-refractivity contribution is 5.06. The van der Waals surface area contributed by atoms with E-state index < -0.39 is 0 Å². The Bertz CT molecular complexity index is 189. The molecule has 0 aliphatic carbocycles. The van der Waals surface area contributed by atoms with E-state index in [9.17, 15) is 0 Å². The lowest BCUT2D eigenvalue weighted by molar-refractivity contribution is 0.177. The Morgan fingerprint density at radius 1 is 0.778 bits per heavy atom. The van der Waals surface area contributed by atoms with E-state index in [2.05, 4.69) is 11.8 Å². The number of hydrogen-bond acceptors (Lipinski definition) is 2. The van der Waals surface area contributed by atoms with Crippen molar-refractivity contribution in [3.05, 3.63) is 0 Å². The topological polar surface area (TPSA) is 40.5 Å². The molecule has 0 saturated heterocycles. The Balaban J connectivity index is -0.0000000335. The van der Waals surface area contributed by atoms with Crippen molar-refractivity contribution < 1.29 is 10.2 Å². The predicted octanol–water partition coefficient (Wildman–Crippen LogP) is 4.60. The lowest BCUT2D eigenvalue weighted by Crippen LogP contribution is -2.12. The molecule has 0 aromatic rings. The highest BCUT2D eigenvalue weighted by atomic mass is 16.3. The van der Waals surface area contributed by atoms with Gasteiger partial charge in [-0.05, 0) is 26.2 Å². The Hall–Kier alpha value is -0.520. The van der Waals surface area contributed by atoms with Gasteiger partial charge in [-0.2, -0.15) is 0 Å². The van der Waals surface area contributed by atoms with Crippen molar-refractivity contribution in [2.75, 3.05) is 13.2 Å². The van der Waals surface area contributed by atoms with E-state index in [4.69, 9.17) is 10.2 Å². The fourth-order valence-electron chi connectivity index (χ4n) is 0.378. The molecule has 0 aliphatic rings. The van der Waals surface area contributed by atoms with Crippen molar-refractivity contribution in [2.45, 2.75) is 71.2 Å². The highest BCUT2D eigenvalue weighted by Gasteiger charge is 2.10. The Labute approximate surface area is 118 Å². The average molecular weight is 264 g/mol. The first-order valence-electron chi connectivity index (χ1n) is 4.84. The zero-order chi connectivity index (χ0) is 11.8. The van der Waals surface area contributed by atoms with Gasteiger partial charge >= 0.3 is 0 Å². The van der Waals surface area contributed by atoms with Crippen molar-refractivity contribution >= 4 is 0 Å². The molecule has 2 nitrogen and oxygen atoms in total. The number of rotatable bonds is 1. The van der Waals surface area contributed by atoms with Crippen molar-refractivity contribution in [2.24, 2.45) is 10.8 Å². The summed E-state index contributed by atoms with van der Waals surface area (Å²) in [6, 6.07) is 0. The van der Waals surface area contributed by atoms with Crippen LogP contribution in [0.25, 0.3) is 0 Å². The number of aliphatic hydroxyl groups is 2. The minimum atomic E-state index is -0.214. The summed E-state index contributed by atoms with van der Waals surface area (Å²) in [6.45, 7) is 12.0. The molecule has 0 unspecified atom stereocenters. The number of hydrogen-bond donors (Lipinski definition) is 2. The highest BCUT2D eigenvalue weighted by Crippen LogP contribution is 2.10. The van der Waals surface area contributed by atoms with Gasteiger partial charge in [0.2, 0.25) is 0 Å². The summed E-state index contributed by atoms with van der Waals surface area (Å²) in [5, 5.41) is 17.0. The maximum atomic E-state index is 8.62. The van der Waals surface area contributed by atoms with Gasteiger partial charge in [0, 0.05) is 12.0 Å². The van der Waals surface area contributed by atoms with Gasteiger partial charge < -0.3 is 10.2 Å². The molecular formula is C16H40O2. The molecule has 0 heterocycles. The molecular weight excluding hydrogens is 224 g/mol. The first kappa shape index (κ1) is 36.0. The van der Waals surface area contributed by atoms with Crippen molar-refractivity contribution in [3.8, 4) is 11.8 Å². The summed E-state index contributed by atoms with van der Waals surface area (Å²) in [7, 11) is 0. The van der Waals surface area contributed by atoms with Gasteiger partial charge in [-0.1, -0.05) is 56.4 Å². The normalized spacial score (nSPS) is 8.44. The van der Waals surface area contributed by atoms with Crippen molar-refractivity contribution in [3.63, 3.8) is 0 Å². The third-order valence-electron chi connectivity index (χ3n) is 1.33. The summed E-state index contributed by atoms with van der Waals surface area (Å²) >= 11 is 0. The first-order valence-corrected chi connectivity index (χ1v) is 4.84. The zero-order valence-electron chi connectivity index (χ0n) is 10.3. The monoisotopic (exact) mass is 264 g/mol. The summed E-state index contributed by atoms with van der Waals surface area (Å²) in [5.41, 5.74) is -0.116. The molecule has 0 aromatic heterocycles. The number of aliphatic hydroxyl groups excluding tert-OH is 2. The van der Waals surface area contributed by atoms with Crippen LogP contribution in [0.2, 0.25) is 0 Å². The van der Waals surface area contributed by atoms with Crippen LogP contribution in [-0.4, -0.2) is 23.4 Å². The smallest absolute Gasteiger partial charge is 0.0591 e. The average Bonchev–Trinajstić information content (AvgIpc) is 2.04. The van der Waals surface area contributed by atoms with Crippen LogP contribution in [0.5, 0.6) is 0 Å². The second-order valence-electron chi connectivity index (χ2n) is 5.14. The minimum absolute atomic E-state index is 0. The van der Waals surface area contributed by atoms with Crippen LogP contribution in [0.1, 0.15) is 71.2 Å². The molecule has 0 fully saturated rings. The molecule has 0 bridgehead atoms. The van der Waals surface area contributed by atoms with E-state index in [0.717, 1.165) is 0 Å². The SMILES string of the molecule is C.C.C.C.CC#CC(C)(C)CO.CC(C)(C)CO. The lowest BCUT2D eigenvalue weighted by atomic mass is 9.96. The second kappa shape index (κ2) is 16.5. The molecule has 0 spiro atoms. The molecule has 2 N–H and O–H groups in total. The quantitative estimate of drug-likeness (QED) is 0.680. The summed E-state index contributed by atoms with van der Waals surface area (Å²) in [5.74, 6) is 5.62. The first-order chi connectivity index (χ1) is 6.18. The van der Waals surface area contributed by atoms with E-state index in [-0.39, 0.29) is 53.8 Å². The van der Waals surface area contributed by atoms with Gasteiger partial charge in [0.25, 0.3) is 0 Å². The van der Waals surface area contributed by atoms with Crippen LogP contribution in [0, 0.1) is 22.7 Å². The van der Waals surface area contributed by atoms with Gasteiger partial charge in [-0.25, -0.2) is 0 Å². The van der Waals surface area contributed by atoms with E-state index in [1.807, 2.05) is 34.6 Å². The largest absolute Gasteiger partial charge is 0.396 e. The maximum absolute atomic E-state index is 8.62. The van der Waals surface area contributed by atoms with Gasteiger partial charge in [-0.3, -0.25) is 0 Å². The Morgan fingerprint density at radius 3 is 1.11 bits per heavy atom. The lowest BCUT2D eigenvalue weighted by Gasteiger charge is -2.11. The van der Waals surface area contributed by atoms with Gasteiger partial charge in [0.05, 0.1) is 6.61 Å². The van der Waals surface area contributed by atoms with Crippen LogP contribution in [0.3, 0.4) is 0 Å². The third-order valence-corrected chi connectivity index (χ3v) is 1.33. The van der Waals surface area contributed by atoms with E-state index in [1.54, 1.807) is 6.92 Å². The van der Waals surface area contributed by atoms with Crippen LogP contribution < -0.4 is 0 Å². The summed E-state index contributed by atoms with van der Waals surface area (Å²) < 4.78 is 0. The van der Waals surface area contributed by atoms with Crippen LogP contribution >= 0.6 is 0 Å². The minimum Gasteiger partial charge on any atom is -0.396 e. The molecule has 0 saturated carbocycles. The maximum Gasteiger partial charge on any atom is 0.0591 e. The molecule has 0 aliphatic heterocycles. The summed E-state index contributed by atoms with van der Waals surface area (Å²) in [6.07, 6.45) is 0. The molecule has 0 rings (SSSR count). The van der Waals surface area contributed by atoms with Gasteiger partial charge in [0.15, 0.2) is 0 Å². The van der Waals surface area contributed by atoms with Crippen LogP contribution in [0.15, 0.2) is 0 Å². The third kappa shape index (κ3) is 36.1. The van der Waals surface area contributed by atoms with Crippen molar-refractivity contribution in [1.82, 2.24) is 0 Å². The van der Waals surface area contributed by atoms with Crippen molar-refractivity contribution in [1.29, 1.82) is 0 Å². The van der Waals surface area contributed by atoms with E-state index in [0.29, 0.717) is 0 Å². The van der Waals surface area contributed by atoms with Crippen LogP contribution in [0.4, 0.5) is 0 Å². The molecule has 116 valence electrons. The van der Waals surface area contributed by atoms with Gasteiger partial charge in [-0.15, -0.1) is 5.92 Å². The molecule has 0 aromatic carbocycles. The van der Waals surface area contributed by atoms with E-state index in [1.165, 1.54) is 0 Å². The van der Waals surface area contributed by atoms with E-state index >= 15 is 0 Å². The molecule has 0 atom stereocenters. The predicted molar refractivity (Wildman–Crippen MR) is 87.8 cm³/mol. The Kier molecular flexibility index (Phi) is 33.0. The fraction of sp³-hybridized carbons (Fsp3) is 0.875. The zero-order valence-corrected chi connectivity index (χ0v) is 10.3. The molecule has 2 heteroatoms. The fourth-order valence-corrected chi connectivity index (χ4v) is 0.378. The standard InChI is InChI=1S/C7H12O.C5H12O.4CH4/c1-4-5-7(2,3)6-8;1-5(2,3)4-6;;;;/h8H,6H2,1-3H3;6H,4H2,1-3H3;4*1H4. The molecule has 0 radical (unpaired) electrons. The molecule has 0 amide bonds. The van der Waals surface area contributed by atoms with Gasteiger partial charge in [0.1, 0.15) is 0 Å². The summed E-state index contributed by atoms with van der Waals surface area (Å²) in [4.78, 5) is 0. The van der Waals surface area contributed by atoms with Crippen LogP contribution in [-0.2, 0) is 0 Å². The molecule has 18 heavy (non-hydrogen) atoms. The Morgan fingerprint density at radius 2 is 1.06 bits per heavy atom. The second-order valence-corrected chi connectivity index (χ2v) is 5.14.